The van der Waals surface area contributed by atoms with E-state index < -0.39 is 12.1 Å². The van der Waals surface area contributed by atoms with Crippen molar-refractivity contribution < 1.29 is 32.2 Å². The van der Waals surface area contributed by atoms with E-state index in [1.165, 1.54) is 0 Å². The third-order valence-electron chi connectivity index (χ3n) is 4.51. The summed E-state index contributed by atoms with van der Waals surface area (Å²) in [7, 11) is 1.75. The first-order valence-electron chi connectivity index (χ1n) is 9.10. The Morgan fingerprint density at radius 3 is 2.47 bits per heavy atom. The van der Waals surface area contributed by atoms with E-state index in [-0.39, 0.29) is 5.54 Å². The third kappa shape index (κ3) is 7.28. The summed E-state index contributed by atoms with van der Waals surface area (Å²) < 4.78 is 42.7. The quantitative estimate of drug-likeness (QED) is 0.621. The fourth-order valence-corrected chi connectivity index (χ4v) is 3.07. The average Bonchev–Trinajstić information content (AvgIpc) is 3.17. The molecule has 1 aromatic carbocycles. The average molecular weight is 450 g/mol. The molecule has 0 radical (unpaired) electrons. The van der Waals surface area contributed by atoms with Crippen LogP contribution in [-0.2, 0) is 16.1 Å². The molecule has 1 aliphatic rings. The van der Waals surface area contributed by atoms with Crippen molar-refractivity contribution in [3.05, 3.63) is 41.2 Å². The van der Waals surface area contributed by atoms with Crippen molar-refractivity contribution in [2.75, 3.05) is 26.8 Å². The number of carboxylic acid groups (broad SMARTS) is 1. The molecule has 2 aromatic rings. The molecule has 7 nitrogen and oxygen atoms in total. The van der Waals surface area contributed by atoms with E-state index in [1.807, 2.05) is 24.3 Å². The van der Waals surface area contributed by atoms with Crippen LogP contribution >= 0.6 is 11.6 Å². The van der Waals surface area contributed by atoms with Gasteiger partial charge in [-0.15, -0.1) is 0 Å². The number of rotatable bonds is 6. The summed E-state index contributed by atoms with van der Waals surface area (Å²) in [6.07, 6.45) is -1.29. The highest BCUT2D eigenvalue weighted by atomic mass is 35.5. The fraction of sp³-hybridized carbons (Fsp3) is 0.474. The molecule has 1 saturated heterocycles. The van der Waals surface area contributed by atoms with Crippen LogP contribution in [0.4, 0.5) is 13.2 Å². The number of halogens is 4. The molecule has 0 bridgehead atoms. The number of hydrogen-bond donors (Lipinski definition) is 3. The highest BCUT2D eigenvalue weighted by Crippen LogP contribution is 2.23. The number of oxazole rings is 1. The maximum Gasteiger partial charge on any atom is 0.490 e. The summed E-state index contributed by atoms with van der Waals surface area (Å²) in [4.78, 5) is 13.5. The number of nitrogens with zero attached hydrogens (tertiary/aromatic N) is 1. The van der Waals surface area contributed by atoms with E-state index in [2.05, 4.69) is 15.6 Å². The Labute approximate surface area is 176 Å². The topological polar surface area (TPSA) is 96.6 Å². The summed E-state index contributed by atoms with van der Waals surface area (Å²) in [6.45, 7) is 3.38. The first-order valence-corrected chi connectivity index (χ1v) is 9.48. The molecule has 3 rings (SSSR count). The Bertz CT molecular complexity index is 801. The summed E-state index contributed by atoms with van der Waals surface area (Å²) in [5.74, 6) is -2.14. The van der Waals surface area contributed by atoms with Gasteiger partial charge in [-0.3, -0.25) is 0 Å². The molecule has 11 heteroatoms. The largest absolute Gasteiger partial charge is 0.490 e. The van der Waals surface area contributed by atoms with E-state index in [1.54, 1.807) is 13.4 Å². The Balaban J connectivity index is 0.000000396. The van der Waals surface area contributed by atoms with Crippen molar-refractivity contribution in [1.82, 2.24) is 15.6 Å². The molecule has 1 aromatic heterocycles. The molecule has 166 valence electrons. The van der Waals surface area contributed by atoms with E-state index in [9.17, 15) is 13.2 Å². The van der Waals surface area contributed by atoms with Crippen LogP contribution in [0.3, 0.4) is 0 Å². The molecule has 2 heterocycles. The van der Waals surface area contributed by atoms with Crippen LogP contribution in [0.25, 0.3) is 11.5 Å². The van der Waals surface area contributed by atoms with Gasteiger partial charge < -0.3 is 24.9 Å². The Morgan fingerprint density at radius 2 is 1.93 bits per heavy atom. The van der Waals surface area contributed by atoms with E-state index in [0.29, 0.717) is 24.1 Å². The summed E-state index contributed by atoms with van der Waals surface area (Å²) in [5.41, 5.74) is 1.83. The first-order chi connectivity index (χ1) is 14.1. The number of carboxylic acids is 1. The molecule has 1 aliphatic heterocycles. The Morgan fingerprint density at radius 1 is 1.33 bits per heavy atom. The lowest BCUT2D eigenvalue weighted by Gasteiger charge is -2.37. The van der Waals surface area contributed by atoms with E-state index in [4.69, 9.17) is 30.7 Å². The number of piperidine rings is 1. The molecule has 0 aliphatic carbocycles. The fourth-order valence-electron chi connectivity index (χ4n) is 2.95. The van der Waals surface area contributed by atoms with Gasteiger partial charge in [0.1, 0.15) is 6.26 Å². The predicted octanol–water partition coefficient (Wildman–Crippen LogP) is 3.49. The van der Waals surface area contributed by atoms with Crippen molar-refractivity contribution in [2.45, 2.75) is 31.1 Å². The van der Waals surface area contributed by atoms with E-state index in [0.717, 1.165) is 37.2 Å². The lowest BCUT2D eigenvalue weighted by Crippen LogP contribution is -2.55. The number of carbonyl (C=O) groups is 1. The van der Waals surface area contributed by atoms with Crippen LogP contribution in [0.15, 0.2) is 34.9 Å². The van der Waals surface area contributed by atoms with Crippen LogP contribution in [0, 0.1) is 0 Å². The van der Waals surface area contributed by atoms with Gasteiger partial charge in [0.25, 0.3) is 0 Å². The zero-order valence-electron chi connectivity index (χ0n) is 16.3. The van der Waals surface area contributed by atoms with Gasteiger partial charge in [-0.1, -0.05) is 11.6 Å². The normalized spacial score (nSPS) is 15.9. The van der Waals surface area contributed by atoms with Crippen molar-refractivity contribution >= 4 is 17.6 Å². The molecule has 0 saturated carbocycles. The smallest absolute Gasteiger partial charge is 0.475 e. The number of nitrogens with one attached hydrogen (secondary N) is 2. The monoisotopic (exact) mass is 449 g/mol. The van der Waals surface area contributed by atoms with Gasteiger partial charge in [0.15, 0.2) is 0 Å². The number of aliphatic carboxylic acids is 1. The molecular formula is C19H23ClF3N3O4. The SMILES string of the molecule is COCC1(NCc2coc(-c3ccc(Cl)cc3)n2)CCNCC1.O=C(O)C(F)(F)F. The number of aromatic nitrogens is 1. The molecule has 3 N–H and O–H groups in total. The van der Waals surface area contributed by atoms with Crippen LogP contribution in [0.5, 0.6) is 0 Å². The Hall–Kier alpha value is -2.14. The van der Waals surface area contributed by atoms with Gasteiger partial charge in [-0.25, -0.2) is 9.78 Å². The van der Waals surface area contributed by atoms with Gasteiger partial charge in [0.2, 0.25) is 5.89 Å². The zero-order chi connectivity index (χ0) is 22.2. The number of ether oxygens (including phenoxy) is 1. The molecular weight excluding hydrogens is 427 g/mol. The van der Waals surface area contributed by atoms with Crippen LogP contribution in [-0.4, -0.2) is 54.6 Å². The van der Waals surface area contributed by atoms with E-state index >= 15 is 0 Å². The van der Waals surface area contributed by atoms with Crippen molar-refractivity contribution in [2.24, 2.45) is 0 Å². The number of alkyl halides is 3. The van der Waals surface area contributed by atoms with Crippen molar-refractivity contribution in [1.29, 1.82) is 0 Å². The van der Waals surface area contributed by atoms with Gasteiger partial charge in [-0.05, 0) is 50.2 Å². The summed E-state index contributed by atoms with van der Waals surface area (Å²) >= 11 is 5.91. The molecule has 0 atom stereocenters. The second-order valence-corrected chi connectivity index (χ2v) is 7.21. The summed E-state index contributed by atoms with van der Waals surface area (Å²) in [6, 6.07) is 7.48. The highest BCUT2D eigenvalue weighted by molar-refractivity contribution is 6.30. The number of benzene rings is 1. The minimum atomic E-state index is -5.08. The van der Waals surface area contributed by atoms with Gasteiger partial charge >= 0.3 is 12.1 Å². The van der Waals surface area contributed by atoms with Crippen LogP contribution < -0.4 is 10.6 Å². The second-order valence-electron chi connectivity index (χ2n) is 6.77. The molecule has 0 spiro atoms. The highest BCUT2D eigenvalue weighted by Gasteiger charge is 2.38. The number of hydrogen-bond acceptors (Lipinski definition) is 6. The Kier molecular flexibility index (Phi) is 8.65. The number of methoxy groups -OCH3 is 1. The minimum absolute atomic E-state index is 0.0133. The van der Waals surface area contributed by atoms with Crippen LogP contribution in [0.1, 0.15) is 18.5 Å². The zero-order valence-corrected chi connectivity index (χ0v) is 17.0. The first kappa shape index (κ1) is 24.1. The summed E-state index contributed by atoms with van der Waals surface area (Å²) in [5, 5.41) is 14.8. The van der Waals surface area contributed by atoms with Gasteiger partial charge in [-0.2, -0.15) is 13.2 Å². The molecule has 0 unspecified atom stereocenters. The maximum atomic E-state index is 10.6. The minimum Gasteiger partial charge on any atom is -0.475 e. The predicted molar refractivity (Wildman–Crippen MR) is 104 cm³/mol. The standard InChI is InChI=1S/C17H22ClN3O2.C2HF3O2/c1-22-12-17(6-8-19-9-7-17)20-10-15-11-23-16(21-15)13-2-4-14(18)5-3-13;3-2(4,5)1(6)7/h2-5,11,19-20H,6-10,12H2,1H3;(H,6,7). The van der Waals surface area contributed by atoms with Crippen molar-refractivity contribution in [3.8, 4) is 11.5 Å². The lowest BCUT2D eigenvalue weighted by atomic mass is 9.89. The molecule has 30 heavy (non-hydrogen) atoms. The maximum absolute atomic E-state index is 10.6. The molecule has 1 fully saturated rings. The molecule has 0 amide bonds. The third-order valence-corrected chi connectivity index (χ3v) is 4.76. The van der Waals surface area contributed by atoms with Gasteiger partial charge in [0, 0.05) is 29.8 Å². The van der Waals surface area contributed by atoms with Gasteiger partial charge in [0.05, 0.1) is 12.3 Å². The van der Waals surface area contributed by atoms with Crippen molar-refractivity contribution in [3.63, 3.8) is 0 Å². The lowest BCUT2D eigenvalue weighted by molar-refractivity contribution is -0.192. The second kappa shape index (κ2) is 10.8. The van der Waals surface area contributed by atoms with Crippen LogP contribution in [0.2, 0.25) is 5.02 Å².